The van der Waals surface area contributed by atoms with E-state index < -0.39 is 0 Å². The summed E-state index contributed by atoms with van der Waals surface area (Å²) < 4.78 is 0. The van der Waals surface area contributed by atoms with Crippen LogP contribution in [0.2, 0.25) is 0 Å². The van der Waals surface area contributed by atoms with E-state index in [0.29, 0.717) is 0 Å². The van der Waals surface area contributed by atoms with Gasteiger partial charge in [-0.05, 0) is 18.4 Å². The average molecular weight is 171 g/mol. The van der Waals surface area contributed by atoms with E-state index in [1.54, 1.807) is 6.08 Å². The van der Waals surface area contributed by atoms with Crippen molar-refractivity contribution in [3.05, 3.63) is 41.5 Å². The molecule has 0 saturated heterocycles. The first-order chi connectivity index (χ1) is 6.42. The van der Waals surface area contributed by atoms with Crippen LogP contribution in [0, 0.1) is 0 Å². The largest absolute Gasteiger partial charge is 0.240 e. The van der Waals surface area contributed by atoms with Crippen LogP contribution in [0.25, 0.3) is 5.70 Å². The van der Waals surface area contributed by atoms with Gasteiger partial charge in [0.1, 0.15) is 0 Å². The van der Waals surface area contributed by atoms with Gasteiger partial charge in [-0.15, -0.1) is 0 Å². The highest BCUT2D eigenvalue weighted by Gasteiger charge is 2.10. The number of aliphatic imine (C=N–C) groups is 1. The standard InChI is InChI=1S/C11H9NO/c13-8-12-11-7-3-5-9-4-1-2-6-10(9)11/h1-2,4,6-7H,3,5H2. The Hall–Kier alpha value is -1.66. The maximum atomic E-state index is 10.2. The molecule has 0 heterocycles. The van der Waals surface area contributed by atoms with Gasteiger partial charge < -0.3 is 0 Å². The predicted molar refractivity (Wildman–Crippen MR) is 50.9 cm³/mol. The molecule has 0 amide bonds. The number of allylic oxidation sites excluding steroid dienone is 1. The van der Waals surface area contributed by atoms with E-state index in [9.17, 15) is 4.79 Å². The minimum atomic E-state index is 0.761. The number of carbonyl (C=O) groups excluding carboxylic acids is 1. The molecule has 1 aliphatic carbocycles. The van der Waals surface area contributed by atoms with Crippen molar-refractivity contribution in [2.24, 2.45) is 4.99 Å². The molecule has 2 nitrogen and oxygen atoms in total. The summed E-state index contributed by atoms with van der Waals surface area (Å²) in [4.78, 5) is 13.8. The van der Waals surface area contributed by atoms with Crippen molar-refractivity contribution in [2.75, 3.05) is 0 Å². The highest BCUT2D eigenvalue weighted by molar-refractivity contribution is 5.72. The smallest absolute Gasteiger partial charge is 0.211 e. The van der Waals surface area contributed by atoms with Crippen LogP contribution in [0.3, 0.4) is 0 Å². The first-order valence-electron chi connectivity index (χ1n) is 4.28. The summed E-state index contributed by atoms with van der Waals surface area (Å²) in [5.74, 6) is 0. The maximum Gasteiger partial charge on any atom is 0.240 e. The van der Waals surface area contributed by atoms with Gasteiger partial charge in [0.05, 0.1) is 5.70 Å². The molecule has 0 radical (unpaired) electrons. The fraction of sp³-hybridized carbons (Fsp3) is 0.182. The minimum absolute atomic E-state index is 0.761. The summed E-state index contributed by atoms with van der Waals surface area (Å²) in [7, 11) is 0. The van der Waals surface area contributed by atoms with Gasteiger partial charge in [-0.25, -0.2) is 4.79 Å². The Bertz CT molecular complexity index is 400. The summed E-state index contributed by atoms with van der Waals surface area (Å²) in [6, 6.07) is 8.02. The number of benzene rings is 1. The Balaban J connectivity index is 2.53. The topological polar surface area (TPSA) is 29.4 Å². The SMILES string of the molecule is O=C=NC1=CCCc2ccccc21. The average Bonchev–Trinajstić information content (AvgIpc) is 2.19. The molecule has 1 aromatic carbocycles. The minimum Gasteiger partial charge on any atom is -0.211 e. The van der Waals surface area contributed by atoms with Gasteiger partial charge in [0.25, 0.3) is 0 Å². The second-order valence-electron chi connectivity index (χ2n) is 2.99. The molecule has 64 valence electrons. The Labute approximate surface area is 76.6 Å². The van der Waals surface area contributed by atoms with E-state index in [1.165, 1.54) is 5.56 Å². The number of hydrogen-bond acceptors (Lipinski definition) is 2. The Morgan fingerprint density at radius 3 is 3.00 bits per heavy atom. The lowest BCUT2D eigenvalue weighted by atomic mass is 9.95. The van der Waals surface area contributed by atoms with Crippen LogP contribution < -0.4 is 0 Å². The fourth-order valence-corrected chi connectivity index (χ4v) is 1.62. The molecule has 0 aromatic heterocycles. The highest BCUT2D eigenvalue weighted by Crippen LogP contribution is 2.26. The third-order valence-corrected chi connectivity index (χ3v) is 2.21. The van der Waals surface area contributed by atoms with Crippen LogP contribution in [0.5, 0.6) is 0 Å². The highest BCUT2D eigenvalue weighted by atomic mass is 16.1. The van der Waals surface area contributed by atoms with E-state index in [0.717, 1.165) is 24.1 Å². The van der Waals surface area contributed by atoms with Crippen molar-refractivity contribution in [1.82, 2.24) is 0 Å². The molecule has 13 heavy (non-hydrogen) atoms. The fourth-order valence-electron chi connectivity index (χ4n) is 1.62. The van der Waals surface area contributed by atoms with Crippen molar-refractivity contribution in [3.8, 4) is 0 Å². The molecule has 0 atom stereocenters. The summed E-state index contributed by atoms with van der Waals surface area (Å²) >= 11 is 0. The lowest BCUT2D eigenvalue weighted by Gasteiger charge is -2.12. The molecule has 1 aromatic rings. The van der Waals surface area contributed by atoms with E-state index in [4.69, 9.17) is 0 Å². The van der Waals surface area contributed by atoms with E-state index in [2.05, 4.69) is 11.1 Å². The van der Waals surface area contributed by atoms with E-state index in [1.807, 2.05) is 24.3 Å². The Morgan fingerprint density at radius 1 is 1.31 bits per heavy atom. The van der Waals surface area contributed by atoms with Gasteiger partial charge in [-0.2, -0.15) is 4.99 Å². The first-order valence-corrected chi connectivity index (χ1v) is 4.28. The molecule has 0 spiro atoms. The third-order valence-electron chi connectivity index (χ3n) is 2.21. The van der Waals surface area contributed by atoms with Crippen LogP contribution in [-0.4, -0.2) is 6.08 Å². The zero-order valence-electron chi connectivity index (χ0n) is 7.16. The summed E-state index contributed by atoms with van der Waals surface area (Å²) in [5, 5.41) is 0. The summed E-state index contributed by atoms with van der Waals surface area (Å²) in [5.41, 5.74) is 3.09. The molecule has 0 bridgehead atoms. The first kappa shape index (κ1) is 7.96. The molecule has 0 unspecified atom stereocenters. The lowest BCUT2D eigenvalue weighted by Crippen LogP contribution is -1.97. The number of aryl methyl sites for hydroxylation is 1. The Kier molecular flexibility index (Phi) is 2.07. The van der Waals surface area contributed by atoms with Gasteiger partial charge in [-0.3, -0.25) is 0 Å². The van der Waals surface area contributed by atoms with E-state index >= 15 is 0 Å². The van der Waals surface area contributed by atoms with Gasteiger partial charge in [0.2, 0.25) is 6.08 Å². The van der Waals surface area contributed by atoms with Crippen molar-refractivity contribution < 1.29 is 4.79 Å². The molecule has 0 fully saturated rings. The zero-order chi connectivity index (χ0) is 9.10. The predicted octanol–water partition coefficient (Wildman–Crippen LogP) is 2.31. The molecule has 0 saturated carbocycles. The molecular formula is C11H9NO. The molecule has 0 N–H and O–H groups in total. The Morgan fingerprint density at radius 2 is 2.15 bits per heavy atom. The molecular weight excluding hydrogens is 162 g/mol. The lowest BCUT2D eigenvalue weighted by molar-refractivity contribution is 0.565. The van der Waals surface area contributed by atoms with Crippen LogP contribution in [-0.2, 0) is 11.2 Å². The summed E-state index contributed by atoms with van der Waals surface area (Å²) in [6.07, 6.45) is 5.56. The maximum absolute atomic E-state index is 10.2. The quantitative estimate of drug-likeness (QED) is 0.471. The molecule has 2 rings (SSSR count). The second kappa shape index (κ2) is 3.38. The number of isocyanates is 1. The van der Waals surface area contributed by atoms with Crippen molar-refractivity contribution in [2.45, 2.75) is 12.8 Å². The normalized spacial score (nSPS) is 14.0. The second-order valence-corrected chi connectivity index (χ2v) is 2.99. The number of fused-ring (bicyclic) bond motifs is 1. The van der Waals surface area contributed by atoms with Crippen LogP contribution in [0.1, 0.15) is 17.5 Å². The third kappa shape index (κ3) is 1.44. The van der Waals surface area contributed by atoms with Gasteiger partial charge in [-0.1, -0.05) is 30.3 Å². The van der Waals surface area contributed by atoms with Gasteiger partial charge in [0, 0.05) is 5.56 Å². The molecule has 0 aliphatic heterocycles. The van der Waals surface area contributed by atoms with Crippen LogP contribution in [0.4, 0.5) is 0 Å². The van der Waals surface area contributed by atoms with Crippen molar-refractivity contribution in [3.63, 3.8) is 0 Å². The van der Waals surface area contributed by atoms with Gasteiger partial charge >= 0.3 is 0 Å². The van der Waals surface area contributed by atoms with Crippen molar-refractivity contribution in [1.29, 1.82) is 0 Å². The van der Waals surface area contributed by atoms with E-state index in [-0.39, 0.29) is 0 Å². The van der Waals surface area contributed by atoms with Crippen LogP contribution >= 0.6 is 0 Å². The number of nitrogens with zero attached hydrogens (tertiary/aromatic N) is 1. The van der Waals surface area contributed by atoms with Crippen LogP contribution in [0.15, 0.2) is 35.3 Å². The van der Waals surface area contributed by atoms with Crippen molar-refractivity contribution >= 4 is 11.8 Å². The van der Waals surface area contributed by atoms with Gasteiger partial charge in [0.15, 0.2) is 0 Å². The number of hydrogen-bond donors (Lipinski definition) is 0. The summed E-state index contributed by atoms with van der Waals surface area (Å²) in [6.45, 7) is 0. The zero-order valence-corrected chi connectivity index (χ0v) is 7.16. The molecule has 1 aliphatic rings. The molecule has 2 heteroatoms. The number of rotatable bonds is 1. The monoisotopic (exact) mass is 171 g/mol.